The van der Waals surface area contributed by atoms with Gasteiger partial charge in [-0.05, 0) is 44.4 Å². The SMILES string of the molecule is Cc1c(NC(=O)Nc2nc3c(s2)CC(C)(C)CC3)cnn1C1CCOCC1. The predicted octanol–water partition coefficient (Wildman–Crippen LogP) is 4.16. The summed E-state index contributed by atoms with van der Waals surface area (Å²) in [6.07, 6.45) is 6.78. The van der Waals surface area contributed by atoms with E-state index in [9.17, 15) is 4.79 Å². The summed E-state index contributed by atoms with van der Waals surface area (Å²) in [6, 6.07) is 0.0707. The molecule has 1 fully saturated rings. The van der Waals surface area contributed by atoms with Crippen LogP contribution >= 0.6 is 11.3 Å². The van der Waals surface area contributed by atoms with E-state index in [4.69, 9.17) is 4.74 Å². The number of aromatic nitrogens is 3. The van der Waals surface area contributed by atoms with E-state index in [0.29, 0.717) is 16.6 Å². The summed E-state index contributed by atoms with van der Waals surface area (Å²) in [5.41, 5.74) is 3.16. The first-order chi connectivity index (χ1) is 12.9. The number of carbonyl (C=O) groups is 1. The van der Waals surface area contributed by atoms with Crippen LogP contribution in [-0.2, 0) is 17.6 Å². The van der Waals surface area contributed by atoms with Gasteiger partial charge in [0, 0.05) is 18.1 Å². The number of nitrogens with zero attached hydrogens (tertiary/aromatic N) is 3. The zero-order chi connectivity index (χ0) is 19.0. The second kappa shape index (κ2) is 7.24. The molecule has 1 aliphatic heterocycles. The number of fused-ring (bicyclic) bond motifs is 1. The van der Waals surface area contributed by atoms with Crippen molar-refractivity contribution in [3.63, 3.8) is 0 Å². The van der Waals surface area contributed by atoms with E-state index in [2.05, 4.69) is 34.6 Å². The second-order valence-electron chi connectivity index (χ2n) is 8.24. The molecule has 0 saturated carbocycles. The van der Waals surface area contributed by atoms with Gasteiger partial charge in [-0.2, -0.15) is 5.10 Å². The third-order valence-corrected chi connectivity index (χ3v) is 6.52. The zero-order valence-electron chi connectivity index (χ0n) is 16.2. The number of aryl methyl sites for hydroxylation is 1. The van der Waals surface area contributed by atoms with E-state index < -0.39 is 0 Å². The highest BCUT2D eigenvalue weighted by Crippen LogP contribution is 2.38. The van der Waals surface area contributed by atoms with E-state index in [1.165, 1.54) is 4.88 Å². The molecule has 2 aromatic heterocycles. The van der Waals surface area contributed by atoms with Crippen molar-refractivity contribution in [1.82, 2.24) is 14.8 Å². The van der Waals surface area contributed by atoms with Crippen molar-refractivity contribution in [3.05, 3.63) is 22.5 Å². The number of nitrogens with one attached hydrogen (secondary N) is 2. The Morgan fingerprint density at radius 1 is 1.33 bits per heavy atom. The summed E-state index contributed by atoms with van der Waals surface area (Å²) in [5.74, 6) is 0. The van der Waals surface area contributed by atoms with Gasteiger partial charge in [-0.15, -0.1) is 11.3 Å². The first-order valence-corrected chi connectivity index (χ1v) is 10.4. The summed E-state index contributed by atoms with van der Waals surface area (Å²) in [4.78, 5) is 18.4. The summed E-state index contributed by atoms with van der Waals surface area (Å²) in [7, 11) is 0. The molecule has 2 amide bonds. The maximum absolute atomic E-state index is 12.4. The van der Waals surface area contributed by atoms with Gasteiger partial charge in [-0.3, -0.25) is 10.00 Å². The van der Waals surface area contributed by atoms with Gasteiger partial charge in [0.1, 0.15) is 0 Å². The Morgan fingerprint density at radius 2 is 2.11 bits per heavy atom. The smallest absolute Gasteiger partial charge is 0.325 e. The summed E-state index contributed by atoms with van der Waals surface area (Å²) < 4.78 is 7.42. The van der Waals surface area contributed by atoms with Crippen LogP contribution in [0.3, 0.4) is 0 Å². The molecular weight excluding hydrogens is 362 g/mol. The van der Waals surface area contributed by atoms with Crippen LogP contribution < -0.4 is 10.6 Å². The Hall–Kier alpha value is -1.93. The number of thiazole rings is 1. The van der Waals surface area contributed by atoms with Gasteiger partial charge < -0.3 is 10.1 Å². The van der Waals surface area contributed by atoms with Crippen LogP contribution in [0.5, 0.6) is 0 Å². The van der Waals surface area contributed by atoms with Crippen LogP contribution in [0, 0.1) is 12.3 Å². The van der Waals surface area contributed by atoms with E-state index in [1.54, 1.807) is 17.5 Å². The van der Waals surface area contributed by atoms with Crippen LogP contribution in [0.1, 0.15) is 55.4 Å². The van der Waals surface area contributed by atoms with Crippen LogP contribution in [-0.4, -0.2) is 34.0 Å². The van der Waals surface area contributed by atoms with E-state index in [0.717, 1.165) is 62.4 Å². The molecule has 8 heteroatoms. The third kappa shape index (κ3) is 4.01. The number of hydrogen-bond acceptors (Lipinski definition) is 5. The molecule has 4 rings (SSSR count). The standard InChI is InChI=1S/C19H27N5O2S/c1-12-15(11-20-24(12)13-5-8-26-9-6-13)21-17(25)23-18-22-14-4-7-19(2,3)10-16(14)27-18/h11,13H,4-10H2,1-3H3,(H2,21,22,23,25). The Morgan fingerprint density at radius 3 is 2.89 bits per heavy atom. The van der Waals surface area contributed by atoms with Crippen molar-refractivity contribution in [2.75, 3.05) is 23.8 Å². The van der Waals surface area contributed by atoms with Gasteiger partial charge in [0.25, 0.3) is 0 Å². The lowest BCUT2D eigenvalue weighted by Gasteiger charge is -2.28. The molecule has 0 spiro atoms. The minimum absolute atomic E-state index is 0.269. The topological polar surface area (TPSA) is 81.1 Å². The highest BCUT2D eigenvalue weighted by Gasteiger charge is 2.28. The quantitative estimate of drug-likeness (QED) is 0.826. The van der Waals surface area contributed by atoms with Gasteiger partial charge in [0.15, 0.2) is 5.13 Å². The molecule has 2 aromatic rings. The van der Waals surface area contributed by atoms with Crippen molar-refractivity contribution < 1.29 is 9.53 Å². The Bertz CT molecular complexity index is 835. The van der Waals surface area contributed by atoms with Gasteiger partial charge in [-0.1, -0.05) is 13.8 Å². The van der Waals surface area contributed by atoms with Crippen LogP contribution in [0.4, 0.5) is 15.6 Å². The van der Waals surface area contributed by atoms with Crippen molar-refractivity contribution >= 4 is 28.2 Å². The molecule has 0 aromatic carbocycles. The molecule has 2 N–H and O–H groups in total. The molecule has 146 valence electrons. The zero-order valence-corrected chi connectivity index (χ0v) is 17.0. The van der Waals surface area contributed by atoms with Crippen molar-refractivity contribution in [3.8, 4) is 0 Å². The monoisotopic (exact) mass is 389 g/mol. The summed E-state index contributed by atoms with van der Waals surface area (Å²) in [6.45, 7) is 8.09. The van der Waals surface area contributed by atoms with E-state index in [1.807, 2.05) is 11.6 Å². The molecule has 1 saturated heterocycles. The molecule has 7 nitrogen and oxygen atoms in total. The second-order valence-corrected chi connectivity index (χ2v) is 9.32. The molecule has 0 atom stereocenters. The fourth-order valence-corrected chi connectivity index (χ4v) is 5.11. The molecule has 1 aliphatic carbocycles. The van der Waals surface area contributed by atoms with Crippen LogP contribution in [0.25, 0.3) is 0 Å². The Kier molecular flexibility index (Phi) is 4.94. The third-order valence-electron chi connectivity index (χ3n) is 5.51. The fraction of sp³-hybridized carbons (Fsp3) is 0.632. The maximum Gasteiger partial charge on any atom is 0.325 e. The molecule has 2 aliphatic rings. The minimum atomic E-state index is -0.269. The highest BCUT2D eigenvalue weighted by molar-refractivity contribution is 7.15. The molecule has 3 heterocycles. The largest absolute Gasteiger partial charge is 0.381 e. The van der Waals surface area contributed by atoms with Crippen molar-refractivity contribution in [2.24, 2.45) is 5.41 Å². The average Bonchev–Trinajstić information content (AvgIpc) is 3.17. The number of carbonyl (C=O) groups excluding carboxylic acids is 1. The number of ether oxygens (including phenoxy) is 1. The lowest BCUT2D eigenvalue weighted by Crippen LogP contribution is -2.22. The van der Waals surface area contributed by atoms with E-state index >= 15 is 0 Å². The lowest BCUT2D eigenvalue weighted by atomic mass is 9.79. The van der Waals surface area contributed by atoms with Crippen molar-refractivity contribution in [2.45, 2.75) is 58.9 Å². The normalized spacial score (nSPS) is 19.5. The van der Waals surface area contributed by atoms with Gasteiger partial charge in [0.05, 0.1) is 29.3 Å². The molecule has 0 bridgehead atoms. The summed E-state index contributed by atoms with van der Waals surface area (Å²) in [5, 5.41) is 11.0. The van der Waals surface area contributed by atoms with Gasteiger partial charge >= 0.3 is 6.03 Å². The van der Waals surface area contributed by atoms with Crippen LogP contribution in [0.15, 0.2) is 6.20 Å². The highest BCUT2D eigenvalue weighted by atomic mass is 32.1. The average molecular weight is 390 g/mol. The Labute approximate surface area is 163 Å². The predicted molar refractivity (Wildman–Crippen MR) is 107 cm³/mol. The lowest BCUT2D eigenvalue weighted by molar-refractivity contribution is 0.0657. The summed E-state index contributed by atoms with van der Waals surface area (Å²) >= 11 is 1.59. The number of anilines is 2. The minimum Gasteiger partial charge on any atom is -0.381 e. The number of hydrogen-bond donors (Lipinski definition) is 2. The Balaban J connectivity index is 1.40. The van der Waals surface area contributed by atoms with E-state index in [-0.39, 0.29) is 6.03 Å². The number of rotatable bonds is 3. The first kappa shape index (κ1) is 18.4. The fourth-order valence-electron chi connectivity index (χ4n) is 3.84. The van der Waals surface area contributed by atoms with Crippen molar-refractivity contribution in [1.29, 1.82) is 0 Å². The molecule has 27 heavy (non-hydrogen) atoms. The number of amides is 2. The molecule has 0 radical (unpaired) electrons. The van der Waals surface area contributed by atoms with Crippen LogP contribution in [0.2, 0.25) is 0 Å². The van der Waals surface area contributed by atoms with Gasteiger partial charge in [0.2, 0.25) is 0 Å². The first-order valence-electron chi connectivity index (χ1n) is 9.60. The number of urea groups is 1. The molecule has 0 unspecified atom stereocenters. The molecular formula is C19H27N5O2S. The maximum atomic E-state index is 12.4. The van der Waals surface area contributed by atoms with Gasteiger partial charge in [-0.25, -0.2) is 9.78 Å².